The van der Waals surface area contributed by atoms with Crippen molar-refractivity contribution in [3.8, 4) is 17.2 Å². The third-order valence-electron chi connectivity index (χ3n) is 3.42. The molecule has 0 unspecified atom stereocenters. The zero-order valence-electron chi connectivity index (χ0n) is 12.1. The van der Waals surface area contributed by atoms with Gasteiger partial charge >= 0.3 is 5.69 Å². The molecule has 0 aliphatic heterocycles. The van der Waals surface area contributed by atoms with Gasteiger partial charge in [0, 0.05) is 0 Å². The summed E-state index contributed by atoms with van der Waals surface area (Å²) in [4.78, 5) is 27.7. The van der Waals surface area contributed by atoms with E-state index in [0.717, 1.165) is 4.57 Å². The molecule has 0 saturated heterocycles. The van der Waals surface area contributed by atoms with E-state index >= 15 is 0 Å². The number of nitrogens with zero attached hydrogens (tertiary/aromatic N) is 1. The van der Waals surface area contributed by atoms with Crippen molar-refractivity contribution < 1.29 is 9.47 Å². The van der Waals surface area contributed by atoms with Crippen molar-refractivity contribution in [2.45, 2.75) is 0 Å². The second-order valence-corrected chi connectivity index (χ2v) is 4.63. The van der Waals surface area contributed by atoms with Gasteiger partial charge in [0.15, 0.2) is 11.5 Å². The number of hydrogen-bond acceptors (Lipinski definition) is 4. The lowest BCUT2D eigenvalue weighted by Gasteiger charge is -2.12. The van der Waals surface area contributed by atoms with Crippen LogP contribution in [0.1, 0.15) is 0 Å². The summed E-state index contributed by atoms with van der Waals surface area (Å²) >= 11 is 0. The topological polar surface area (TPSA) is 73.3 Å². The first-order valence-corrected chi connectivity index (χ1v) is 6.63. The van der Waals surface area contributed by atoms with E-state index in [1.54, 1.807) is 36.4 Å². The van der Waals surface area contributed by atoms with E-state index in [9.17, 15) is 9.59 Å². The molecular formula is C16H14N2O4. The first-order chi connectivity index (χ1) is 10.7. The number of methoxy groups -OCH3 is 2. The Morgan fingerprint density at radius 3 is 2.32 bits per heavy atom. The molecule has 0 amide bonds. The van der Waals surface area contributed by atoms with Crippen LogP contribution in [-0.4, -0.2) is 23.8 Å². The van der Waals surface area contributed by atoms with Gasteiger partial charge < -0.3 is 14.5 Å². The predicted molar refractivity (Wildman–Crippen MR) is 83.3 cm³/mol. The van der Waals surface area contributed by atoms with Gasteiger partial charge in [0.2, 0.25) is 0 Å². The quantitative estimate of drug-likeness (QED) is 0.798. The van der Waals surface area contributed by atoms with E-state index in [1.807, 2.05) is 6.07 Å². The summed E-state index contributed by atoms with van der Waals surface area (Å²) in [6.45, 7) is 0. The Bertz CT molecular complexity index is 942. The number of ether oxygens (including phenoxy) is 2. The molecule has 1 heterocycles. The minimum atomic E-state index is -0.504. The van der Waals surface area contributed by atoms with Crippen molar-refractivity contribution in [1.82, 2.24) is 9.55 Å². The molecule has 0 fully saturated rings. The Labute approximate surface area is 125 Å². The fraction of sp³-hybridized carbons (Fsp3) is 0.125. The molecule has 2 aromatic carbocycles. The fourth-order valence-electron chi connectivity index (χ4n) is 2.43. The van der Waals surface area contributed by atoms with E-state index in [4.69, 9.17) is 9.47 Å². The molecule has 0 radical (unpaired) electrons. The zero-order valence-corrected chi connectivity index (χ0v) is 12.1. The highest BCUT2D eigenvalue weighted by Gasteiger charge is 2.16. The maximum atomic E-state index is 12.8. The van der Waals surface area contributed by atoms with Gasteiger partial charge in [-0.1, -0.05) is 18.2 Å². The summed E-state index contributed by atoms with van der Waals surface area (Å²) in [5, 5.41) is 0.269. The van der Waals surface area contributed by atoms with Gasteiger partial charge in [-0.25, -0.2) is 9.36 Å². The van der Waals surface area contributed by atoms with Crippen LogP contribution in [0.15, 0.2) is 52.1 Å². The lowest BCUT2D eigenvalue weighted by Crippen LogP contribution is -2.33. The number of benzene rings is 2. The van der Waals surface area contributed by atoms with Crippen molar-refractivity contribution in [2.24, 2.45) is 0 Å². The maximum Gasteiger partial charge on any atom is 0.333 e. The van der Waals surface area contributed by atoms with Gasteiger partial charge in [-0.15, -0.1) is 0 Å². The smallest absolute Gasteiger partial charge is 0.333 e. The number of para-hydroxylation sites is 1. The van der Waals surface area contributed by atoms with Crippen molar-refractivity contribution in [2.75, 3.05) is 14.2 Å². The molecule has 22 heavy (non-hydrogen) atoms. The molecule has 1 N–H and O–H groups in total. The van der Waals surface area contributed by atoms with Gasteiger partial charge in [0.25, 0.3) is 5.56 Å². The molecule has 0 bridgehead atoms. The Balaban J connectivity index is 2.46. The molecule has 112 valence electrons. The summed E-state index contributed by atoms with van der Waals surface area (Å²) in [5.41, 5.74) is -0.0722. The Hall–Kier alpha value is -3.02. The molecule has 6 heteroatoms. The van der Waals surface area contributed by atoms with Crippen LogP contribution in [0.25, 0.3) is 16.6 Å². The van der Waals surface area contributed by atoms with Crippen LogP contribution in [-0.2, 0) is 0 Å². The summed E-state index contributed by atoms with van der Waals surface area (Å²) in [5.74, 6) is 0.727. The van der Waals surface area contributed by atoms with Gasteiger partial charge in [-0.05, 0) is 24.3 Å². The molecule has 0 atom stereocenters. The molecule has 6 nitrogen and oxygen atoms in total. The molecule has 0 aliphatic rings. The largest absolute Gasteiger partial charge is 0.493 e. The Kier molecular flexibility index (Phi) is 3.42. The monoisotopic (exact) mass is 298 g/mol. The van der Waals surface area contributed by atoms with Crippen LogP contribution < -0.4 is 20.7 Å². The van der Waals surface area contributed by atoms with Crippen LogP contribution in [0.4, 0.5) is 0 Å². The Morgan fingerprint density at radius 2 is 1.68 bits per heavy atom. The number of aromatic nitrogens is 2. The van der Waals surface area contributed by atoms with Crippen LogP contribution >= 0.6 is 0 Å². The second-order valence-electron chi connectivity index (χ2n) is 4.63. The minimum Gasteiger partial charge on any atom is -0.493 e. The van der Waals surface area contributed by atoms with Crippen molar-refractivity contribution in [1.29, 1.82) is 0 Å². The molecule has 1 aromatic heterocycles. The van der Waals surface area contributed by atoms with E-state index in [2.05, 4.69) is 4.98 Å². The third-order valence-corrected chi connectivity index (χ3v) is 3.42. The molecule has 3 aromatic rings. The predicted octanol–water partition coefficient (Wildman–Crippen LogP) is 1.70. The summed E-state index contributed by atoms with van der Waals surface area (Å²) in [6, 6.07) is 12.0. The number of nitrogens with one attached hydrogen (secondary N) is 1. The van der Waals surface area contributed by atoms with E-state index in [-0.39, 0.29) is 5.39 Å². The van der Waals surface area contributed by atoms with E-state index in [1.165, 1.54) is 14.2 Å². The number of hydrogen-bond donors (Lipinski definition) is 1. The fourth-order valence-corrected chi connectivity index (χ4v) is 2.43. The van der Waals surface area contributed by atoms with Crippen molar-refractivity contribution in [3.63, 3.8) is 0 Å². The van der Waals surface area contributed by atoms with Crippen LogP contribution in [0.3, 0.4) is 0 Å². The summed E-state index contributed by atoms with van der Waals surface area (Å²) in [6.07, 6.45) is 0. The third kappa shape index (κ3) is 2.05. The Morgan fingerprint density at radius 1 is 0.955 bits per heavy atom. The van der Waals surface area contributed by atoms with Gasteiger partial charge in [0.1, 0.15) is 5.39 Å². The highest BCUT2D eigenvalue weighted by atomic mass is 16.5. The minimum absolute atomic E-state index is 0.269. The van der Waals surface area contributed by atoms with Crippen LogP contribution in [0.5, 0.6) is 11.5 Å². The number of aromatic amines is 1. The number of rotatable bonds is 3. The van der Waals surface area contributed by atoms with E-state index < -0.39 is 11.2 Å². The normalized spacial score (nSPS) is 10.6. The van der Waals surface area contributed by atoms with Crippen molar-refractivity contribution >= 4 is 10.9 Å². The van der Waals surface area contributed by atoms with Gasteiger partial charge in [0.05, 0.1) is 25.4 Å². The first kappa shape index (κ1) is 13.9. The maximum absolute atomic E-state index is 12.8. The van der Waals surface area contributed by atoms with E-state index in [0.29, 0.717) is 22.7 Å². The molecule has 0 saturated carbocycles. The summed E-state index contributed by atoms with van der Waals surface area (Å²) < 4.78 is 11.6. The zero-order chi connectivity index (χ0) is 15.7. The lowest BCUT2D eigenvalue weighted by molar-refractivity contribution is 0.358. The highest BCUT2D eigenvalue weighted by molar-refractivity contribution is 5.87. The molecule has 0 aliphatic carbocycles. The van der Waals surface area contributed by atoms with Gasteiger partial charge in [-0.3, -0.25) is 4.79 Å². The van der Waals surface area contributed by atoms with Crippen LogP contribution in [0.2, 0.25) is 0 Å². The average Bonchev–Trinajstić information content (AvgIpc) is 2.54. The first-order valence-electron chi connectivity index (χ1n) is 6.63. The molecule has 0 spiro atoms. The standard InChI is InChI=1S/C16H14N2O4/c1-21-12-9-8-11-13(14(12)22-2)15(19)18(16(20)17-11)10-6-4-3-5-7-10/h3-9H,1-2H3,(H,17,20). The van der Waals surface area contributed by atoms with Crippen LogP contribution in [0, 0.1) is 0 Å². The second kappa shape index (κ2) is 5.40. The lowest BCUT2D eigenvalue weighted by atomic mass is 10.2. The molecular weight excluding hydrogens is 284 g/mol. The highest BCUT2D eigenvalue weighted by Crippen LogP contribution is 2.32. The van der Waals surface area contributed by atoms with Gasteiger partial charge in [-0.2, -0.15) is 0 Å². The number of H-pyrrole nitrogens is 1. The SMILES string of the molecule is COc1ccc2[nH]c(=O)n(-c3ccccc3)c(=O)c2c1OC. The number of fused-ring (bicyclic) bond motifs is 1. The molecule has 3 rings (SSSR count). The summed E-state index contributed by atoms with van der Waals surface area (Å²) in [7, 11) is 2.94. The average molecular weight is 298 g/mol. The van der Waals surface area contributed by atoms with Crippen molar-refractivity contribution in [3.05, 3.63) is 63.3 Å².